The molecule has 0 bridgehead atoms. The maximum atomic E-state index is 13.7. The molecule has 3 amide bonds. The van der Waals surface area contributed by atoms with E-state index in [-0.39, 0.29) is 24.8 Å². The summed E-state index contributed by atoms with van der Waals surface area (Å²) in [6.45, 7) is 3.48. The van der Waals surface area contributed by atoms with E-state index >= 15 is 0 Å². The van der Waals surface area contributed by atoms with Crippen molar-refractivity contribution in [2.75, 3.05) is 20.6 Å². The molecule has 0 heterocycles. The molecule has 0 aromatic heterocycles. The molecule has 0 saturated heterocycles. The molecule has 1 atom stereocenters. The van der Waals surface area contributed by atoms with Crippen molar-refractivity contribution in [3.05, 3.63) is 35.4 Å². The van der Waals surface area contributed by atoms with Crippen LogP contribution in [0.2, 0.25) is 0 Å². The molecule has 138 valence electrons. The molecule has 1 rings (SSSR count). The maximum absolute atomic E-state index is 13.7. The van der Waals surface area contributed by atoms with E-state index in [1.54, 1.807) is 27.9 Å². The van der Waals surface area contributed by atoms with Crippen molar-refractivity contribution in [3.63, 3.8) is 0 Å². The van der Waals surface area contributed by atoms with Crippen LogP contribution in [-0.4, -0.2) is 49.3 Å². The lowest BCUT2D eigenvalue weighted by Gasteiger charge is -2.22. The number of nitrogens with zero attached hydrogens (tertiary/aromatic N) is 1. The first-order valence-corrected chi connectivity index (χ1v) is 7.87. The quantitative estimate of drug-likeness (QED) is 0.774. The minimum atomic E-state index is -1.01. The van der Waals surface area contributed by atoms with Gasteiger partial charge in [0.1, 0.15) is 23.2 Å². The fraction of sp³-hybridized carbons (Fsp3) is 0.471. The van der Waals surface area contributed by atoms with Crippen LogP contribution >= 0.6 is 0 Å². The second-order valence-electron chi connectivity index (χ2n) is 6.12. The summed E-state index contributed by atoms with van der Waals surface area (Å²) >= 11 is 0. The lowest BCUT2D eigenvalue weighted by atomic mass is 10.0. The van der Waals surface area contributed by atoms with Crippen molar-refractivity contribution in [3.8, 4) is 0 Å². The van der Waals surface area contributed by atoms with Gasteiger partial charge in [0.2, 0.25) is 11.8 Å². The number of rotatable bonds is 7. The molecular weight excluding hydrogens is 332 g/mol. The van der Waals surface area contributed by atoms with Crippen LogP contribution in [0.15, 0.2) is 18.2 Å². The number of nitrogens with one attached hydrogen (secondary N) is 2. The summed E-state index contributed by atoms with van der Waals surface area (Å²) in [6, 6.07) is 2.10. The first-order valence-electron chi connectivity index (χ1n) is 7.87. The molecule has 0 aliphatic heterocycles. The van der Waals surface area contributed by atoms with E-state index in [0.29, 0.717) is 0 Å². The molecule has 1 aromatic rings. The van der Waals surface area contributed by atoms with E-state index in [4.69, 9.17) is 0 Å². The molecule has 0 aliphatic carbocycles. The predicted molar refractivity (Wildman–Crippen MR) is 88.8 cm³/mol. The number of benzene rings is 1. The van der Waals surface area contributed by atoms with E-state index in [1.807, 2.05) is 0 Å². The van der Waals surface area contributed by atoms with Crippen LogP contribution in [0.1, 0.15) is 30.6 Å². The largest absolute Gasteiger partial charge is 0.354 e. The zero-order valence-corrected chi connectivity index (χ0v) is 14.7. The SMILES string of the molecule is CC(C)[C@@H](NC(=O)c1c(F)cccc1F)C(=O)NCCC(=O)N(C)C. The maximum Gasteiger partial charge on any atom is 0.257 e. The Hall–Kier alpha value is -2.51. The fourth-order valence-corrected chi connectivity index (χ4v) is 2.09. The Labute approximate surface area is 145 Å². The topological polar surface area (TPSA) is 78.5 Å². The molecular formula is C17H23F2N3O3. The van der Waals surface area contributed by atoms with E-state index in [9.17, 15) is 23.2 Å². The molecule has 6 nitrogen and oxygen atoms in total. The van der Waals surface area contributed by atoms with Gasteiger partial charge in [-0.15, -0.1) is 0 Å². The molecule has 2 N–H and O–H groups in total. The van der Waals surface area contributed by atoms with Crippen molar-refractivity contribution in [1.29, 1.82) is 0 Å². The van der Waals surface area contributed by atoms with Crippen molar-refractivity contribution in [2.45, 2.75) is 26.3 Å². The summed E-state index contributed by atoms with van der Waals surface area (Å²) in [7, 11) is 3.20. The number of hydrogen-bond donors (Lipinski definition) is 2. The van der Waals surface area contributed by atoms with E-state index in [1.165, 1.54) is 4.90 Å². The Morgan fingerprint density at radius 1 is 1.12 bits per heavy atom. The molecule has 0 fully saturated rings. The molecule has 25 heavy (non-hydrogen) atoms. The Balaban J connectivity index is 2.75. The smallest absolute Gasteiger partial charge is 0.257 e. The highest BCUT2D eigenvalue weighted by molar-refractivity contribution is 5.98. The average molecular weight is 355 g/mol. The van der Waals surface area contributed by atoms with Crippen LogP contribution in [0.25, 0.3) is 0 Å². The van der Waals surface area contributed by atoms with Crippen LogP contribution in [0.4, 0.5) is 8.78 Å². The summed E-state index contributed by atoms with van der Waals surface area (Å²) in [4.78, 5) is 37.3. The highest BCUT2D eigenvalue weighted by Crippen LogP contribution is 2.13. The summed E-state index contributed by atoms with van der Waals surface area (Å²) < 4.78 is 27.4. The Kier molecular flexibility index (Phi) is 7.47. The van der Waals surface area contributed by atoms with E-state index in [2.05, 4.69) is 10.6 Å². The van der Waals surface area contributed by atoms with Gasteiger partial charge in [-0.3, -0.25) is 14.4 Å². The molecule has 0 aliphatic rings. The Morgan fingerprint density at radius 3 is 2.16 bits per heavy atom. The van der Waals surface area contributed by atoms with Crippen LogP contribution < -0.4 is 10.6 Å². The van der Waals surface area contributed by atoms with Gasteiger partial charge in [-0.05, 0) is 18.1 Å². The Bertz CT molecular complexity index is 628. The van der Waals surface area contributed by atoms with Gasteiger partial charge >= 0.3 is 0 Å². The zero-order valence-electron chi connectivity index (χ0n) is 14.7. The first kappa shape index (κ1) is 20.5. The molecule has 8 heteroatoms. The lowest BCUT2D eigenvalue weighted by molar-refractivity contribution is -0.129. The van der Waals surface area contributed by atoms with Crippen molar-refractivity contribution in [1.82, 2.24) is 15.5 Å². The first-order chi connectivity index (χ1) is 11.6. The van der Waals surface area contributed by atoms with E-state index < -0.39 is 35.1 Å². The van der Waals surface area contributed by atoms with Crippen LogP contribution in [0, 0.1) is 17.6 Å². The number of amides is 3. The van der Waals surface area contributed by atoms with Crippen LogP contribution in [-0.2, 0) is 9.59 Å². The minimum Gasteiger partial charge on any atom is -0.354 e. The lowest BCUT2D eigenvalue weighted by Crippen LogP contribution is -2.50. The summed E-state index contributed by atoms with van der Waals surface area (Å²) in [5.74, 6) is -4.00. The van der Waals surface area contributed by atoms with Gasteiger partial charge in [0.25, 0.3) is 5.91 Å². The van der Waals surface area contributed by atoms with Gasteiger partial charge in [0.15, 0.2) is 0 Å². The third-order valence-corrected chi connectivity index (χ3v) is 3.56. The van der Waals surface area contributed by atoms with Crippen molar-refractivity contribution >= 4 is 17.7 Å². The molecule has 0 radical (unpaired) electrons. The predicted octanol–water partition coefficient (Wildman–Crippen LogP) is 1.31. The van der Waals surface area contributed by atoms with Gasteiger partial charge in [-0.1, -0.05) is 19.9 Å². The van der Waals surface area contributed by atoms with Gasteiger partial charge in [-0.2, -0.15) is 0 Å². The molecule has 0 unspecified atom stereocenters. The Morgan fingerprint density at radius 2 is 1.68 bits per heavy atom. The number of carbonyl (C=O) groups excluding carboxylic acids is 3. The zero-order chi connectivity index (χ0) is 19.1. The second kappa shape index (κ2) is 9.10. The minimum absolute atomic E-state index is 0.100. The fourth-order valence-electron chi connectivity index (χ4n) is 2.09. The standard InChI is InChI=1S/C17H23F2N3O3/c1-10(2)15(17(25)20-9-8-13(23)22(3)4)21-16(24)14-11(18)6-5-7-12(14)19/h5-7,10,15H,8-9H2,1-4H3,(H,20,25)(H,21,24)/t15-/m1/s1. The average Bonchev–Trinajstić information content (AvgIpc) is 2.51. The number of hydrogen-bond acceptors (Lipinski definition) is 3. The third-order valence-electron chi connectivity index (χ3n) is 3.56. The molecule has 1 aromatic carbocycles. The van der Waals surface area contributed by atoms with Gasteiger partial charge in [0, 0.05) is 27.1 Å². The number of carbonyl (C=O) groups is 3. The van der Waals surface area contributed by atoms with Crippen LogP contribution in [0.5, 0.6) is 0 Å². The summed E-state index contributed by atoms with van der Waals surface area (Å²) in [6.07, 6.45) is 0.111. The second-order valence-corrected chi connectivity index (χ2v) is 6.12. The molecule has 0 spiro atoms. The summed E-state index contributed by atoms with van der Waals surface area (Å²) in [5.41, 5.74) is -0.733. The summed E-state index contributed by atoms with van der Waals surface area (Å²) in [5, 5.41) is 4.90. The highest BCUT2D eigenvalue weighted by atomic mass is 19.1. The van der Waals surface area contributed by atoms with Gasteiger partial charge in [-0.25, -0.2) is 8.78 Å². The normalized spacial score (nSPS) is 11.8. The van der Waals surface area contributed by atoms with Crippen molar-refractivity contribution < 1.29 is 23.2 Å². The van der Waals surface area contributed by atoms with Crippen molar-refractivity contribution in [2.24, 2.45) is 5.92 Å². The van der Waals surface area contributed by atoms with Gasteiger partial charge < -0.3 is 15.5 Å². The third kappa shape index (κ3) is 5.81. The highest BCUT2D eigenvalue weighted by Gasteiger charge is 2.27. The number of halogens is 2. The van der Waals surface area contributed by atoms with E-state index in [0.717, 1.165) is 18.2 Å². The molecule has 0 saturated carbocycles. The monoisotopic (exact) mass is 355 g/mol. The van der Waals surface area contributed by atoms with Crippen LogP contribution in [0.3, 0.4) is 0 Å². The van der Waals surface area contributed by atoms with Gasteiger partial charge in [0.05, 0.1) is 0 Å².